The van der Waals surface area contributed by atoms with Gasteiger partial charge in [-0.3, -0.25) is 14.6 Å². The first-order valence-corrected chi connectivity index (χ1v) is 7.35. The predicted octanol–water partition coefficient (Wildman–Crippen LogP) is 1.26. The molecule has 7 nitrogen and oxygen atoms in total. The standard InChI is InChI=1S/C17H19N3O4/c1-23-13-7-5-8-14(24-2)15(13)17(22)20-11-10-19-16(21)12-6-3-4-9-18-12/h3-9H,10-11H2,1-2H3,(H,19,21)(H,20,22). The Labute approximate surface area is 140 Å². The van der Waals surface area contributed by atoms with Crippen molar-refractivity contribution in [3.8, 4) is 11.5 Å². The SMILES string of the molecule is COc1cccc(OC)c1C(=O)NCCNC(=O)c1ccccn1. The number of carbonyl (C=O) groups is 2. The average Bonchev–Trinajstić information content (AvgIpc) is 2.64. The minimum absolute atomic E-state index is 0.263. The largest absolute Gasteiger partial charge is 0.496 e. The van der Waals surface area contributed by atoms with E-state index in [1.54, 1.807) is 42.6 Å². The van der Waals surface area contributed by atoms with E-state index >= 15 is 0 Å². The van der Waals surface area contributed by atoms with E-state index < -0.39 is 0 Å². The zero-order valence-corrected chi connectivity index (χ0v) is 13.5. The summed E-state index contributed by atoms with van der Waals surface area (Å²) in [5.41, 5.74) is 0.647. The molecule has 0 saturated heterocycles. The number of aromatic nitrogens is 1. The highest BCUT2D eigenvalue weighted by atomic mass is 16.5. The fourth-order valence-corrected chi connectivity index (χ4v) is 2.10. The van der Waals surface area contributed by atoms with Crippen LogP contribution >= 0.6 is 0 Å². The van der Waals surface area contributed by atoms with Gasteiger partial charge in [0, 0.05) is 19.3 Å². The summed E-state index contributed by atoms with van der Waals surface area (Å²) in [7, 11) is 2.97. The van der Waals surface area contributed by atoms with E-state index in [2.05, 4.69) is 15.6 Å². The number of amides is 2. The van der Waals surface area contributed by atoms with Crippen LogP contribution in [0.4, 0.5) is 0 Å². The summed E-state index contributed by atoms with van der Waals surface area (Å²) in [6, 6.07) is 10.2. The fourth-order valence-electron chi connectivity index (χ4n) is 2.10. The third kappa shape index (κ3) is 4.22. The van der Waals surface area contributed by atoms with Crippen LogP contribution in [0, 0.1) is 0 Å². The Kier molecular flexibility index (Phi) is 6.13. The summed E-state index contributed by atoms with van der Waals surface area (Å²) in [4.78, 5) is 28.1. The number of hydrogen-bond acceptors (Lipinski definition) is 5. The number of nitrogens with one attached hydrogen (secondary N) is 2. The van der Waals surface area contributed by atoms with E-state index in [4.69, 9.17) is 9.47 Å². The summed E-state index contributed by atoms with van der Waals surface area (Å²) in [6.07, 6.45) is 1.55. The molecule has 0 unspecified atom stereocenters. The first kappa shape index (κ1) is 17.3. The number of hydrogen-bond donors (Lipinski definition) is 2. The maximum absolute atomic E-state index is 12.3. The molecule has 0 spiro atoms. The second-order valence-electron chi connectivity index (χ2n) is 4.76. The summed E-state index contributed by atoms with van der Waals surface area (Å²) in [5.74, 6) is 0.213. The minimum Gasteiger partial charge on any atom is -0.496 e. The van der Waals surface area contributed by atoms with Crippen LogP contribution in [0.1, 0.15) is 20.8 Å². The second-order valence-corrected chi connectivity index (χ2v) is 4.76. The van der Waals surface area contributed by atoms with Crippen molar-refractivity contribution in [3.63, 3.8) is 0 Å². The molecule has 2 rings (SSSR count). The van der Waals surface area contributed by atoms with Crippen LogP contribution in [0.2, 0.25) is 0 Å². The highest BCUT2D eigenvalue weighted by molar-refractivity contribution is 5.99. The molecule has 7 heteroatoms. The molecule has 2 amide bonds. The van der Waals surface area contributed by atoms with Crippen LogP contribution in [0.5, 0.6) is 11.5 Å². The van der Waals surface area contributed by atoms with Crippen molar-refractivity contribution in [1.29, 1.82) is 0 Å². The molecule has 1 heterocycles. The first-order chi connectivity index (χ1) is 11.7. The molecule has 1 aromatic carbocycles. The van der Waals surface area contributed by atoms with E-state index in [0.717, 1.165) is 0 Å². The molecule has 0 fully saturated rings. The molecule has 0 saturated carbocycles. The van der Waals surface area contributed by atoms with Gasteiger partial charge in [-0.2, -0.15) is 0 Å². The minimum atomic E-state index is -0.337. The van der Waals surface area contributed by atoms with Gasteiger partial charge in [-0.1, -0.05) is 12.1 Å². The number of methoxy groups -OCH3 is 2. The molecule has 0 aliphatic rings. The Morgan fingerprint density at radius 3 is 2.08 bits per heavy atom. The van der Waals surface area contributed by atoms with Gasteiger partial charge in [0.05, 0.1) is 14.2 Å². The number of ether oxygens (including phenoxy) is 2. The van der Waals surface area contributed by atoms with Gasteiger partial charge in [-0.05, 0) is 24.3 Å². The smallest absolute Gasteiger partial charge is 0.269 e. The average molecular weight is 329 g/mol. The van der Waals surface area contributed by atoms with Crippen LogP contribution in [-0.2, 0) is 0 Å². The molecule has 0 aliphatic heterocycles. The number of carbonyl (C=O) groups excluding carboxylic acids is 2. The topological polar surface area (TPSA) is 89.5 Å². The lowest BCUT2D eigenvalue weighted by atomic mass is 10.1. The van der Waals surface area contributed by atoms with E-state index in [1.165, 1.54) is 14.2 Å². The van der Waals surface area contributed by atoms with Gasteiger partial charge in [-0.25, -0.2) is 0 Å². The van der Waals surface area contributed by atoms with Crippen molar-refractivity contribution in [2.45, 2.75) is 0 Å². The van der Waals surface area contributed by atoms with Crippen LogP contribution in [0.3, 0.4) is 0 Å². The lowest BCUT2D eigenvalue weighted by Crippen LogP contribution is -2.35. The number of benzene rings is 1. The van der Waals surface area contributed by atoms with Gasteiger partial charge < -0.3 is 20.1 Å². The molecule has 2 aromatic rings. The third-order valence-electron chi connectivity index (χ3n) is 3.25. The van der Waals surface area contributed by atoms with E-state index in [0.29, 0.717) is 22.8 Å². The molecule has 2 N–H and O–H groups in total. The molecular formula is C17H19N3O4. The second kappa shape index (κ2) is 8.52. The molecular weight excluding hydrogens is 310 g/mol. The van der Waals surface area contributed by atoms with E-state index in [9.17, 15) is 9.59 Å². The van der Waals surface area contributed by atoms with Crippen molar-refractivity contribution < 1.29 is 19.1 Å². The van der Waals surface area contributed by atoms with Crippen LogP contribution in [0.15, 0.2) is 42.6 Å². The van der Waals surface area contributed by atoms with Crippen molar-refractivity contribution in [2.75, 3.05) is 27.3 Å². The third-order valence-corrected chi connectivity index (χ3v) is 3.25. The summed E-state index contributed by atoms with van der Waals surface area (Å²) in [5, 5.41) is 5.41. The molecule has 0 atom stereocenters. The highest BCUT2D eigenvalue weighted by Crippen LogP contribution is 2.27. The maximum atomic E-state index is 12.3. The summed E-state index contributed by atoms with van der Waals surface area (Å²) < 4.78 is 10.4. The summed E-state index contributed by atoms with van der Waals surface area (Å²) >= 11 is 0. The zero-order chi connectivity index (χ0) is 17.4. The van der Waals surface area contributed by atoms with Crippen LogP contribution in [0.25, 0.3) is 0 Å². The predicted molar refractivity (Wildman–Crippen MR) is 88.4 cm³/mol. The number of pyridine rings is 1. The number of nitrogens with zero attached hydrogens (tertiary/aromatic N) is 1. The van der Waals surface area contributed by atoms with E-state index in [1.807, 2.05) is 0 Å². The quantitative estimate of drug-likeness (QED) is 0.747. The molecule has 1 aromatic heterocycles. The zero-order valence-electron chi connectivity index (χ0n) is 13.5. The Morgan fingerprint density at radius 1 is 0.917 bits per heavy atom. The van der Waals surface area contributed by atoms with Gasteiger partial charge in [0.1, 0.15) is 22.8 Å². The van der Waals surface area contributed by atoms with E-state index in [-0.39, 0.29) is 24.9 Å². The normalized spacial score (nSPS) is 9.92. The van der Waals surface area contributed by atoms with Crippen LogP contribution in [-0.4, -0.2) is 44.1 Å². The van der Waals surface area contributed by atoms with Crippen molar-refractivity contribution >= 4 is 11.8 Å². The Morgan fingerprint density at radius 2 is 1.54 bits per heavy atom. The Bertz CT molecular complexity index is 682. The molecule has 0 aliphatic carbocycles. The highest BCUT2D eigenvalue weighted by Gasteiger charge is 2.17. The van der Waals surface area contributed by atoms with Crippen molar-refractivity contribution in [1.82, 2.24) is 15.6 Å². The van der Waals surface area contributed by atoms with Gasteiger partial charge in [0.15, 0.2) is 0 Å². The lowest BCUT2D eigenvalue weighted by molar-refractivity contribution is 0.0922. The van der Waals surface area contributed by atoms with Gasteiger partial charge in [-0.15, -0.1) is 0 Å². The molecule has 126 valence electrons. The van der Waals surface area contributed by atoms with Gasteiger partial charge in [0.2, 0.25) is 0 Å². The fraction of sp³-hybridized carbons (Fsp3) is 0.235. The van der Waals surface area contributed by atoms with Crippen molar-refractivity contribution in [2.24, 2.45) is 0 Å². The first-order valence-electron chi connectivity index (χ1n) is 7.35. The van der Waals surface area contributed by atoms with Gasteiger partial charge >= 0.3 is 0 Å². The van der Waals surface area contributed by atoms with Crippen LogP contribution < -0.4 is 20.1 Å². The molecule has 0 radical (unpaired) electrons. The maximum Gasteiger partial charge on any atom is 0.269 e. The molecule has 0 bridgehead atoms. The van der Waals surface area contributed by atoms with Gasteiger partial charge in [0.25, 0.3) is 11.8 Å². The Hall–Kier alpha value is -3.09. The number of rotatable bonds is 7. The Balaban J connectivity index is 1.89. The monoisotopic (exact) mass is 329 g/mol. The lowest BCUT2D eigenvalue weighted by Gasteiger charge is -2.13. The van der Waals surface area contributed by atoms with Crippen molar-refractivity contribution in [3.05, 3.63) is 53.9 Å². The molecule has 24 heavy (non-hydrogen) atoms. The summed E-state index contributed by atoms with van der Waals surface area (Å²) in [6.45, 7) is 0.539.